The van der Waals surface area contributed by atoms with Crippen LogP contribution >= 0.6 is 0 Å². The predicted octanol–water partition coefficient (Wildman–Crippen LogP) is 0.209. The van der Waals surface area contributed by atoms with Crippen molar-refractivity contribution < 1.29 is 9.53 Å². The van der Waals surface area contributed by atoms with E-state index in [-0.39, 0.29) is 11.7 Å². The number of methoxy groups -OCH3 is 1. The maximum absolute atomic E-state index is 10.9. The lowest BCUT2D eigenvalue weighted by Gasteiger charge is -2.15. The highest BCUT2D eigenvalue weighted by Gasteiger charge is 2.09. The summed E-state index contributed by atoms with van der Waals surface area (Å²) in [5.41, 5.74) is 11.5. The molecule has 6 heteroatoms. The molecule has 1 amide bonds. The number of amides is 1. The standard InChI is InChI=1S/C10H16N4O2/c1-6(5-16-2)13-10-7(11)3-4-8(14-10)9(12)15/h3-4,6H,5,11H2,1-2H3,(H2,12,15)(H,13,14). The van der Waals surface area contributed by atoms with Crippen molar-refractivity contribution in [3.05, 3.63) is 17.8 Å². The molecular formula is C10H16N4O2. The van der Waals surface area contributed by atoms with Gasteiger partial charge in [0.15, 0.2) is 0 Å². The molecule has 6 nitrogen and oxygen atoms in total. The van der Waals surface area contributed by atoms with E-state index in [0.29, 0.717) is 18.1 Å². The molecule has 0 saturated heterocycles. The van der Waals surface area contributed by atoms with E-state index >= 15 is 0 Å². The zero-order valence-corrected chi connectivity index (χ0v) is 9.36. The third-order valence-corrected chi connectivity index (χ3v) is 1.98. The van der Waals surface area contributed by atoms with Gasteiger partial charge in [0.2, 0.25) is 0 Å². The maximum atomic E-state index is 10.9. The van der Waals surface area contributed by atoms with Crippen molar-refractivity contribution in [1.82, 2.24) is 4.98 Å². The van der Waals surface area contributed by atoms with Crippen LogP contribution in [0.4, 0.5) is 11.5 Å². The van der Waals surface area contributed by atoms with E-state index in [9.17, 15) is 4.79 Å². The quantitative estimate of drug-likeness (QED) is 0.663. The number of pyridine rings is 1. The topological polar surface area (TPSA) is 103 Å². The minimum absolute atomic E-state index is 0.0444. The average Bonchev–Trinajstić information content (AvgIpc) is 2.21. The van der Waals surface area contributed by atoms with Crippen molar-refractivity contribution in [3.8, 4) is 0 Å². The van der Waals surface area contributed by atoms with Crippen molar-refractivity contribution in [2.24, 2.45) is 5.73 Å². The van der Waals surface area contributed by atoms with Gasteiger partial charge in [-0.05, 0) is 19.1 Å². The molecule has 0 bridgehead atoms. The number of rotatable bonds is 5. The summed E-state index contributed by atoms with van der Waals surface area (Å²) >= 11 is 0. The second-order valence-corrected chi connectivity index (χ2v) is 3.50. The number of aromatic nitrogens is 1. The number of nitrogens with zero attached hydrogens (tertiary/aromatic N) is 1. The summed E-state index contributed by atoms with van der Waals surface area (Å²) in [7, 11) is 1.61. The van der Waals surface area contributed by atoms with Crippen molar-refractivity contribution in [2.45, 2.75) is 13.0 Å². The summed E-state index contributed by atoms with van der Waals surface area (Å²) in [6.07, 6.45) is 0. The Balaban J connectivity index is 2.85. The van der Waals surface area contributed by atoms with Crippen LogP contribution in [-0.4, -0.2) is 30.6 Å². The largest absolute Gasteiger partial charge is 0.396 e. The Hall–Kier alpha value is -1.82. The Bertz CT molecular complexity index is 381. The minimum Gasteiger partial charge on any atom is -0.396 e. The molecule has 0 saturated carbocycles. The van der Waals surface area contributed by atoms with Gasteiger partial charge in [-0.1, -0.05) is 0 Å². The van der Waals surface area contributed by atoms with E-state index in [0.717, 1.165) is 0 Å². The van der Waals surface area contributed by atoms with Crippen molar-refractivity contribution >= 4 is 17.4 Å². The molecule has 0 fully saturated rings. The van der Waals surface area contributed by atoms with Crippen LogP contribution < -0.4 is 16.8 Å². The van der Waals surface area contributed by atoms with Crippen LogP contribution in [0.2, 0.25) is 0 Å². The van der Waals surface area contributed by atoms with Crippen molar-refractivity contribution in [3.63, 3.8) is 0 Å². The summed E-state index contributed by atoms with van der Waals surface area (Å²) < 4.78 is 4.97. The number of carbonyl (C=O) groups excluding carboxylic acids is 1. The molecule has 0 aliphatic heterocycles. The first kappa shape index (κ1) is 12.3. The zero-order chi connectivity index (χ0) is 12.1. The van der Waals surface area contributed by atoms with Gasteiger partial charge >= 0.3 is 0 Å². The Morgan fingerprint density at radius 3 is 2.88 bits per heavy atom. The van der Waals surface area contributed by atoms with Crippen LogP contribution in [0.3, 0.4) is 0 Å². The number of primary amides is 1. The van der Waals surface area contributed by atoms with Gasteiger partial charge in [0.05, 0.1) is 12.3 Å². The normalized spacial score (nSPS) is 12.1. The van der Waals surface area contributed by atoms with Gasteiger partial charge in [-0.2, -0.15) is 0 Å². The molecule has 0 radical (unpaired) electrons. The van der Waals surface area contributed by atoms with Gasteiger partial charge < -0.3 is 21.5 Å². The molecule has 0 spiro atoms. The highest BCUT2D eigenvalue weighted by Crippen LogP contribution is 2.16. The number of hydrogen-bond donors (Lipinski definition) is 3. The minimum atomic E-state index is -0.581. The van der Waals surface area contributed by atoms with E-state index in [1.807, 2.05) is 6.92 Å². The van der Waals surface area contributed by atoms with Crippen molar-refractivity contribution in [2.75, 3.05) is 24.8 Å². The lowest BCUT2D eigenvalue weighted by molar-refractivity contribution is 0.0995. The molecule has 1 unspecified atom stereocenters. The fraction of sp³-hybridized carbons (Fsp3) is 0.400. The molecule has 0 aliphatic rings. The SMILES string of the molecule is COCC(C)Nc1nc(C(N)=O)ccc1N. The van der Waals surface area contributed by atoms with Crippen LogP contribution in [0, 0.1) is 0 Å². The number of nitrogen functional groups attached to an aromatic ring is 1. The third kappa shape index (κ3) is 3.09. The summed E-state index contributed by atoms with van der Waals surface area (Å²) in [4.78, 5) is 15.0. The fourth-order valence-corrected chi connectivity index (χ4v) is 1.25. The van der Waals surface area contributed by atoms with E-state index in [4.69, 9.17) is 16.2 Å². The molecule has 1 aromatic rings. The molecule has 0 aromatic carbocycles. The monoisotopic (exact) mass is 224 g/mol. The summed E-state index contributed by atoms with van der Waals surface area (Å²) in [5.74, 6) is -0.136. The third-order valence-electron chi connectivity index (χ3n) is 1.98. The van der Waals surface area contributed by atoms with Crippen LogP contribution in [0.15, 0.2) is 12.1 Å². The maximum Gasteiger partial charge on any atom is 0.267 e. The first-order valence-corrected chi connectivity index (χ1v) is 4.86. The van der Waals surface area contributed by atoms with Crippen molar-refractivity contribution in [1.29, 1.82) is 0 Å². The van der Waals surface area contributed by atoms with Gasteiger partial charge in [0.1, 0.15) is 11.5 Å². The van der Waals surface area contributed by atoms with E-state index in [1.165, 1.54) is 6.07 Å². The molecule has 5 N–H and O–H groups in total. The number of anilines is 2. The van der Waals surface area contributed by atoms with E-state index in [2.05, 4.69) is 10.3 Å². The van der Waals surface area contributed by atoms with E-state index in [1.54, 1.807) is 13.2 Å². The molecule has 88 valence electrons. The summed E-state index contributed by atoms with van der Waals surface area (Å²) in [5, 5.41) is 3.04. The Morgan fingerprint density at radius 2 is 2.31 bits per heavy atom. The van der Waals surface area contributed by atoms with Gasteiger partial charge in [-0.25, -0.2) is 4.98 Å². The number of nitrogens with one attached hydrogen (secondary N) is 1. The first-order chi connectivity index (χ1) is 7.54. The number of nitrogens with two attached hydrogens (primary N) is 2. The zero-order valence-electron chi connectivity index (χ0n) is 9.36. The van der Waals surface area contributed by atoms with E-state index < -0.39 is 5.91 Å². The number of ether oxygens (including phenoxy) is 1. The summed E-state index contributed by atoms with van der Waals surface area (Å²) in [6.45, 7) is 2.43. The van der Waals surface area contributed by atoms with Crippen LogP contribution in [0.5, 0.6) is 0 Å². The second kappa shape index (κ2) is 5.32. The number of carbonyl (C=O) groups is 1. The molecule has 1 aromatic heterocycles. The molecule has 0 aliphatic carbocycles. The first-order valence-electron chi connectivity index (χ1n) is 4.86. The average molecular weight is 224 g/mol. The molecule has 1 atom stereocenters. The highest BCUT2D eigenvalue weighted by molar-refractivity contribution is 5.91. The van der Waals surface area contributed by atoms with Crippen LogP contribution in [-0.2, 0) is 4.74 Å². The predicted molar refractivity (Wildman–Crippen MR) is 62.1 cm³/mol. The van der Waals surface area contributed by atoms with Crippen LogP contribution in [0.1, 0.15) is 17.4 Å². The Labute approximate surface area is 94.0 Å². The molecule has 16 heavy (non-hydrogen) atoms. The van der Waals surface area contributed by atoms with Gasteiger partial charge in [-0.3, -0.25) is 4.79 Å². The fourth-order valence-electron chi connectivity index (χ4n) is 1.25. The lowest BCUT2D eigenvalue weighted by Crippen LogP contribution is -2.23. The second-order valence-electron chi connectivity index (χ2n) is 3.50. The highest BCUT2D eigenvalue weighted by atomic mass is 16.5. The molecular weight excluding hydrogens is 208 g/mol. The molecule has 1 rings (SSSR count). The van der Waals surface area contributed by atoms with Gasteiger partial charge in [0, 0.05) is 13.2 Å². The number of hydrogen-bond acceptors (Lipinski definition) is 5. The summed E-state index contributed by atoms with van der Waals surface area (Å²) in [6, 6.07) is 3.13. The Kier molecular flexibility index (Phi) is 4.07. The van der Waals surface area contributed by atoms with Gasteiger partial charge in [-0.15, -0.1) is 0 Å². The van der Waals surface area contributed by atoms with Crippen LogP contribution in [0.25, 0.3) is 0 Å². The molecule has 1 heterocycles. The Morgan fingerprint density at radius 1 is 1.62 bits per heavy atom. The lowest BCUT2D eigenvalue weighted by atomic mass is 10.3. The van der Waals surface area contributed by atoms with Gasteiger partial charge in [0.25, 0.3) is 5.91 Å². The smallest absolute Gasteiger partial charge is 0.267 e.